The van der Waals surface area contributed by atoms with Gasteiger partial charge in [-0.15, -0.1) is 0 Å². The number of halogens is 2. The zero-order valence-corrected chi connectivity index (χ0v) is 9.17. The summed E-state index contributed by atoms with van der Waals surface area (Å²) in [6, 6.07) is 2.73. The number of hydrogen-bond acceptors (Lipinski definition) is 2. The van der Waals surface area contributed by atoms with Crippen LogP contribution in [0.1, 0.15) is 12.5 Å². The molecule has 92 valence electrons. The molecule has 0 radical (unpaired) electrons. The van der Waals surface area contributed by atoms with Gasteiger partial charge in [0, 0.05) is 6.07 Å². The Kier molecular flexibility index (Phi) is 3.45. The second kappa shape index (κ2) is 4.48. The lowest BCUT2D eigenvalue weighted by Crippen LogP contribution is -2.47. The maximum absolute atomic E-state index is 12.9. The zero-order valence-electron chi connectivity index (χ0n) is 9.17. The molecule has 0 aliphatic heterocycles. The Morgan fingerprint density at radius 2 is 1.53 bits per heavy atom. The minimum absolute atomic E-state index is 0.141. The summed E-state index contributed by atoms with van der Waals surface area (Å²) < 4.78 is 25.9. The molecule has 1 rings (SSSR count). The average molecular weight is 242 g/mol. The fourth-order valence-corrected chi connectivity index (χ4v) is 1.42. The van der Waals surface area contributed by atoms with Crippen LogP contribution in [0.5, 0.6) is 0 Å². The number of carbonyl (C=O) groups excluding carboxylic acids is 2. The van der Waals surface area contributed by atoms with Gasteiger partial charge in [-0.2, -0.15) is 0 Å². The first-order chi connectivity index (χ1) is 7.75. The summed E-state index contributed by atoms with van der Waals surface area (Å²) in [7, 11) is 0. The van der Waals surface area contributed by atoms with Gasteiger partial charge >= 0.3 is 0 Å². The van der Waals surface area contributed by atoms with E-state index in [1.165, 1.54) is 6.92 Å². The summed E-state index contributed by atoms with van der Waals surface area (Å²) in [5.74, 6) is -3.46. The lowest BCUT2D eigenvalue weighted by molar-refractivity contribution is -0.138. The Hall–Kier alpha value is -1.98. The second-order valence-corrected chi connectivity index (χ2v) is 4.02. The molecule has 4 nitrogen and oxygen atoms in total. The van der Waals surface area contributed by atoms with Crippen LogP contribution in [-0.2, 0) is 16.0 Å². The molecule has 2 amide bonds. The van der Waals surface area contributed by atoms with Crippen molar-refractivity contribution in [1.29, 1.82) is 0 Å². The van der Waals surface area contributed by atoms with Gasteiger partial charge in [-0.1, -0.05) is 0 Å². The Morgan fingerprint density at radius 3 is 1.88 bits per heavy atom. The van der Waals surface area contributed by atoms with E-state index in [0.29, 0.717) is 6.07 Å². The van der Waals surface area contributed by atoms with E-state index in [1.807, 2.05) is 0 Å². The maximum Gasteiger partial charge on any atom is 0.233 e. The molecule has 0 aliphatic rings. The van der Waals surface area contributed by atoms with Gasteiger partial charge in [0.15, 0.2) is 0 Å². The van der Waals surface area contributed by atoms with E-state index in [0.717, 1.165) is 12.1 Å². The summed E-state index contributed by atoms with van der Waals surface area (Å²) in [5.41, 5.74) is 8.61. The summed E-state index contributed by atoms with van der Waals surface area (Å²) in [5, 5.41) is 0. The van der Waals surface area contributed by atoms with Crippen molar-refractivity contribution >= 4 is 11.8 Å². The van der Waals surface area contributed by atoms with Crippen LogP contribution in [0.2, 0.25) is 0 Å². The lowest BCUT2D eigenvalue weighted by atomic mass is 9.82. The van der Waals surface area contributed by atoms with E-state index in [2.05, 4.69) is 0 Å². The standard InChI is InChI=1S/C11H12F2N2O2/c1-11(9(14)16,10(15)17)5-6-2-7(12)4-8(13)3-6/h2-4H,5H2,1H3,(H2,14,16)(H2,15,17). The molecular formula is C11H12F2N2O2. The second-order valence-electron chi connectivity index (χ2n) is 4.02. The molecular weight excluding hydrogens is 230 g/mol. The minimum Gasteiger partial charge on any atom is -0.369 e. The largest absolute Gasteiger partial charge is 0.369 e. The highest BCUT2D eigenvalue weighted by Crippen LogP contribution is 2.23. The molecule has 6 heteroatoms. The predicted octanol–water partition coefficient (Wildman–Crippen LogP) is 0.484. The van der Waals surface area contributed by atoms with Gasteiger partial charge in [0.05, 0.1) is 0 Å². The molecule has 0 fully saturated rings. The van der Waals surface area contributed by atoms with Crippen molar-refractivity contribution in [3.8, 4) is 0 Å². The van der Waals surface area contributed by atoms with Crippen molar-refractivity contribution in [1.82, 2.24) is 0 Å². The molecule has 0 spiro atoms. The molecule has 0 heterocycles. The number of nitrogens with two attached hydrogens (primary N) is 2. The molecule has 1 aromatic carbocycles. The van der Waals surface area contributed by atoms with Gasteiger partial charge in [0.25, 0.3) is 0 Å². The van der Waals surface area contributed by atoms with Crippen molar-refractivity contribution in [3.63, 3.8) is 0 Å². The Morgan fingerprint density at radius 1 is 1.12 bits per heavy atom. The van der Waals surface area contributed by atoms with Crippen molar-refractivity contribution < 1.29 is 18.4 Å². The van der Waals surface area contributed by atoms with Crippen LogP contribution in [0.15, 0.2) is 18.2 Å². The van der Waals surface area contributed by atoms with Crippen LogP contribution in [0, 0.1) is 17.0 Å². The quantitative estimate of drug-likeness (QED) is 0.752. The van der Waals surface area contributed by atoms with Gasteiger partial charge in [-0.25, -0.2) is 8.78 Å². The van der Waals surface area contributed by atoms with Crippen LogP contribution >= 0.6 is 0 Å². The third-order valence-electron chi connectivity index (χ3n) is 2.57. The predicted molar refractivity (Wildman–Crippen MR) is 56.6 cm³/mol. The average Bonchev–Trinajstić information content (AvgIpc) is 2.14. The number of hydrogen-bond donors (Lipinski definition) is 2. The summed E-state index contributed by atoms with van der Waals surface area (Å²) in [6.07, 6.45) is -0.244. The summed E-state index contributed by atoms with van der Waals surface area (Å²) in [4.78, 5) is 22.3. The van der Waals surface area contributed by atoms with Crippen LogP contribution in [0.25, 0.3) is 0 Å². The summed E-state index contributed by atoms with van der Waals surface area (Å²) in [6.45, 7) is 1.24. The summed E-state index contributed by atoms with van der Waals surface area (Å²) >= 11 is 0. The monoisotopic (exact) mass is 242 g/mol. The van der Waals surface area contributed by atoms with Gasteiger partial charge in [-0.05, 0) is 31.0 Å². The first kappa shape index (κ1) is 13.1. The van der Waals surface area contributed by atoms with Gasteiger partial charge in [0.2, 0.25) is 11.8 Å². The number of carbonyl (C=O) groups is 2. The third-order valence-corrected chi connectivity index (χ3v) is 2.57. The first-order valence-electron chi connectivity index (χ1n) is 4.80. The molecule has 0 atom stereocenters. The SMILES string of the molecule is CC(Cc1cc(F)cc(F)c1)(C(N)=O)C(N)=O. The van der Waals surface area contributed by atoms with Crippen LogP contribution < -0.4 is 11.5 Å². The molecule has 0 saturated carbocycles. The van der Waals surface area contributed by atoms with E-state index >= 15 is 0 Å². The van der Waals surface area contributed by atoms with E-state index in [4.69, 9.17) is 11.5 Å². The molecule has 0 saturated heterocycles. The van der Waals surface area contributed by atoms with Crippen LogP contribution in [-0.4, -0.2) is 11.8 Å². The lowest BCUT2D eigenvalue weighted by Gasteiger charge is -2.22. The number of primary amides is 2. The molecule has 4 N–H and O–H groups in total. The van der Waals surface area contributed by atoms with Gasteiger partial charge in [-0.3, -0.25) is 9.59 Å². The van der Waals surface area contributed by atoms with Crippen LogP contribution in [0.4, 0.5) is 8.78 Å². The molecule has 17 heavy (non-hydrogen) atoms. The molecule has 0 unspecified atom stereocenters. The van der Waals surface area contributed by atoms with E-state index in [9.17, 15) is 18.4 Å². The first-order valence-corrected chi connectivity index (χ1v) is 4.80. The normalized spacial score (nSPS) is 11.2. The highest BCUT2D eigenvalue weighted by Gasteiger charge is 2.37. The molecule has 0 aliphatic carbocycles. The van der Waals surface area contributed by atoms with E-state index in [-0.39, 0.29) is 12.0 Å². The third kappa shape index (κ3) is 2.77. The van der Waals surface area contributed by atoms with Crippen molar-refractivity contribution in [2.75, 3.05) is 0 Å². The minimum atomic E-state index is -1.67. The fourth-order valence-electron chi connectivity index (χ4n) is 1.42. The van der Waals surface area contributed by atoms with E-state index in [1.54, 1.807) is 0 Å². The van der Waals surface area contributed by atoms with Gasteiger partial charge < -0.3 is 11.5 Å². The van der Waals surface area contributed by atoms with Crippen molar-refractivity contribution in [2.45, 2.75) is 13.3 Å². The number of benzene rings is 1. The maximum atomic E-state index is 12.9. The smallest absolute Gasteiger partial charge is 0.233 e. The Balaban J connectivity index is 3.10. The number of rotatable bonds is 4. The number of amides is 2. The van der Waals surface area contributed by atoms with Crippen LogP contribution in [0.3, 0.4) is 0 Å². The fraction of sp³-hybridized carbons (Fsp3) is 0.273. The Labute approximate surface area is 96.6 Å². The molecule has 0 aromatic heterocycles. The highest BCUT2D eigenvalue weighted by molar-refractivity contribution is 6.03. The van der Waals surface area contributed by atoms with Gasteiger partial charge in [0.1, 0.15) is 17.0 Å². The van der Waals surface area contributed by atoms with E-state index < -0.39 is 28.9 Å². The topological polar surface area (TPSA) is 86.2 Å². The van der Waals surface area contributed by atoms with Crippen molar-refractivity contribution in [3.05, 3.63) is 35.4 Å². The molecule has 0 bridgehead atoms. The zero-order chi connectivity index (χ0) is 13.2. The van der Waals surface area contributed by atoms with Crippen molar-refractivity contribution in [2.24, 2.45) is 16.9 Å². The Bertz CT molecular complexity index is 440. The highest BCUT2D eigenvalue weighted by atomic mass is 19.1. The molecule has 1 aromatic rings.